The van der Waals surface area contributed by atoms with Crippen LogP contribution in [0, 0.1) is 0 Å². The Bertz CT molecular complexity index is 348. The van der Waals surface area contributed by atoms with Crippen LogP contribution in [0.5, 0.6) is 0 Å². The number of carbonyl (C=O) groups is 4. The van der Waals surface area contributed by atoms with Crippen molar-refractivity contribution in [2.24, 2.45) is 0 Å². The summed E-state index contributed by atoms with van der Waals surface area (Å²) in [5.41, 5.74) is 0. The molecule has 2 N–H and O–H groups in total. The average Bonchev–Trinajstić information content (AvgIpc) is 2.49. The van der Waals surface area contributed by atoms with Crippen molar-refractivity contribution in [2.75, 3.05) is 13.2 Å². The Hall–Kier alpha value is -1.60. The van der Waals surface area contributed by atoms with E-state index in [9.17, 15) is 19.2 Å². The summed E-state index contributed by atoms with van der Waals surface area (Å²) in [6.45, 7) is 4.26. The van der Waals surface area contributed by atoms with Crippen LogP contribution < -0.4 is 0 Å². The van der Waals surface area contributed by atoms with Crippen molar-refractivity contribution in [1.82, 2.24) is 0 Å². The number of carbonyl (C=O) groups excluding carboxylic acids is 2. The number of aliphatic carboxylic acids is 2. The molecule has 0 fully saturated rings. The van der Waals surface area contributed by atoms with Gasteiger partial charge in [-0.2, -0.15) is 0 Å². The third kappa shape index (κ3) is 27.5. The maximum Gasteiger partial charge on any atom is 0.305 e. The molecule has 0 heterocycles. The van der Waals surface area contributed by atoms with Crippen LogP contribution in [0.2, 0.25) is 0 Å². The summed E-state index contributed by atoms with van der Waals surface area (Å²) in [4.78, 5) is 41.5. The maximum atomic E-state index is 10.7. The minimum atomic E-state index is -0.821. The quantitative estimate of drug-likeness (QED) is 0.284. The standard InChI is InChI=1S/2C8H14O4.Cu/c2*1-2-12-8(11)6-4-3-5-7(9)10;/h2*2-6H2,1H3,(H,9,10);. The SMILES string of the molecule is CCOC(=O)CCCCC(=O)O.CCOC(=O)CCCCC(=O)O.[Cu]. The number of carboxylic acid groups (broad SMARTS) is 2. The minimum absolute atomic E-state index is 0. The van der Waals surface area contributed by atoms with Gasteiger partial charge < -0.3 is 19.7 Å². The number of carboxylic acids is 2. The van der Waals surface area contributed by atoms with Crippen LogP contribution in [0.1, 0.15) is 65.2 Å². The number of hydrogen-bond donors (Lipinski definition) is 2. The third-order valence-corrected chi connectivity index (χ3v) is 2.65. The van der Waals surface area contributed by atoms with Gasteiger partial charge in [-0.1, -0.05) is 0 Å². The van der Waals surface area contributed by atoms with Gasteiger partial charge >= 0.3 is 23.9 Å². The van der Waals surface area contributed by atoms with Crippen molar-refractivity contribution in [3.8, 4) is 0 Å². The van der Waals surface area contributed by atoms with Gasteiger partial charge in [-0.15, -0.1) is 0 Å². The van der Waals surface area contributed by atoms with E-state index in [1.165, 1.54) is 0 Å². The Labute approximate surface area is 158 Å². The second-order valence-electron chi connectivity index (χ2n) is 4.81. The molecule has 0 unspecified atom stereocenters. The molecular formula is C16H28CuO8. The van der Waals surface area contributed by atoms with Crippen LogP contribution >= 0.6 is 0 Å². The van der Waals surface area contributed by atoms with Gasteiger partial charge in [0.15, 0.2) is 0 Å². The molecule has 151 valence electrons. The molecule has 0 aromatic carbocycles. The molecule has 1 radical (unpaired) electrons. The van der Waals surface area contributed by atoms with E-state index >= 15 is 0 Å². The molecule has 0 aromatic rings. The zero-order valence-electron chi connectivity index (χ0n) is 14.7. The van der Waals surface area contributed by atoms with Gasteiger partial charge in [0.2, 0.25) is 0 Å². The van der Waals surface area contributed by atoms with Crippen molar-refractivity contribution in [2.45, 2.75) is 65.2 Å². The molecule has 0 aliphatic heterocycles. The van der Waals surface area contributed by atoms with Crippen molar-refractivity contribution in [3.63, 3.8) is 0 Å². The molecule has 25 heavy (non-hydrogen) atoms. The number of hydrogen-bond acceptors (Lipinski definition) is 6. The fraction of sp³-hybridized carbons (Fsp3) is 0.750. The van der Waals surface area contributed by atoms with Crippen LogP contribution in [-0.2, 0) is 45.7 Å². The molecule has 0 saturated carbocycles. The van der Waals surface area contributed by atoms with Crippen LogP contribution in [0.15, 0.2) is 0 Å². The van der Waals surface area contributed by atoms with Gasteiger partial charge in [0, 0.05) is 42.8 Å². The summed E-state index contributed by atoms with van der Waals surface area (Å²) in [5, 5.41) is 16.5. The zero-order chi connectivity index (χ0) is 18.8. The fourth-order valence-electron chi connectivity index (χ4n) is 1.56. The van der Waals surface area contributed by atoms with Crippen LogP contribution in [-0.4, -0.2) is 47.3 Å². The van der Waals surface area contributed by atoms with Crippen LogP contribution in [0.25, 0.3) is 0 Å². The second-order valence-corrected chi connectivity index (χ2v) is 4.81. The van der Waals surface area contributed by atoms with Gasteiger partial charge in [-0.05, 0) is 39.5 Å². The predicted octanol–water partition coefficient (Wildman–Crippen LogP) is 2.39. The van der Waals surface area contributed by atoms with Gasteiger partial charge in [-0.25, -0.2) is 0 Å². The number of esters is 2. The second kappa shape index (κ2) is 20.4. The van der Waals surface area contributed by atoms with Gasteiger partial charge in [0.25, 0.3) is 0 Å². The molecule has 0 aliphatic carbocycles. The summed E-state index contributed by atoms with van der Waals surface area (Å²) in [6.07, 6.45) is 3.14. The first-order chi connectivity index (χ1) is 11.3. The molecule has 0 aromatic heterocycles. The van der Waals surface area contributed by atoms with Crippen molar-refractivity contribution >= 4 is 23.9 Å². The predicted molar refractivity (Wildman–Crippen MR) is 85.5 cm³/mol. The Morgan fingerprint density at radius 2 is 0.920 bits per heavy atom. The monoisotopic (exact) mass is 411 g/mol. The molecule has 0 aliphatic rings. The summed E-state index contributed by atoms with van der Waals surface area (Å²) >= 11 is 0. The Balaban J connectivity index is -0.000000372. The summed E-state index contributed by atoms with van der Waals surface area (Å²) in [6, 6.07) is 0. The summed E-state index contributed by atoms with van der Waals surface area (Å²) < 4.78 is 9.33. The van der Waals surface area contributed by atoms with Gasteiger partial charge in [-0.3, -0.25) is 19.2 Å². The smallest absolute Gasteiger partial charge is 0.305 e. The average molecular weight is 412 g/mol. The number of unbranched alkanes of at least 4 members (excludes halogenated alkanes) is 2. The number of ether oxygens (including phenoxy) is 2. The molecular weight excluding hydrogens is 384 g/mol. The van der Waals surface area contributed by atoms with E-state index in [1.54, 1.807) is 13.8 Å². The molecule has 8 nitrogen and oxygen atoms in total. The Morgan fingerprint density at radius 3 is 1.16 bits per heavy atom. The van der Waals surface area contributed by atoms with E-state index in [0.29, 0.717) is 51.7 Å². The molecule has 0 rings (SSSR count). The molecule has 9 heteroatoms. The first kappa shape index (κ1) is 28.2. The van der Waals surface area contributed by atoms with Gasteiger partial charge in [0.1, 0.15) is 0 Å². The first-order valence-electron chi connectivity index (χ1n) is 8.08. The first-order valence-corrected chi connectivity index (χ1v) is 8.08. The summed E-state index contributed by atoms with van der Waals surface area (Å²) in [5.74, 6) is -2.14. The fourth-order valence-corrected chi connectivity index (χ4v) is 1.56. The van der Waals surface area contributed by atoms with E-state index in [4.69, 9.17) is 10.2 Å². The van der Waals surface area contributed by atoms with Crippen molar-refractivity contribution in [3.05, 3.63) is 0 Å². The van der Waals surface area contributed by atoms with Crippen LogP contribution in [0.3, 0.4) is 0 Å². The maximum absolute atomic E-state index is 10.7. The molecule has 0 spiro atoms. The topological polar surface area (TPSA) is 127 Å². The third-order valence-electron chi connectivity index (χ3n) is 2.65. The molecule has 0 amide bonds. The Kier molecular flexibility index (Phi) is 23.1. The van der Waals surface area contributed by atoms with E-state index in [1.807, 2.05) is 0 Å². The number of rotatable bonds is 12. The van der Waals surface area contributed by atoms with E-state index in [2.05, 4.69) is 9.47 Å². The van der Waals surface area contributed by atoms with Crippen molar-refractivity contribution < 1.29 is 55.9 Å². The summed E-state index contributed by atoms with van der Waals surface area (Å²) in [7, 11) is 0. The van der Waals surface area contributed by atoms with Crippen molar-refractivity contribution in [1.29, 1.82) is 0 Å². The minimum Gasteiger partial charge on any atom is -0.481 e. The largest absolute Gasteiger partial charge is 0.481 e. The normalized spacial score (nSPS) is 9.04. The Morgan fingerprint density at radius 1 is 0.640 bits per heavy atom. The molecule has 0 saturated heterocycles. The van der Waals surface area contributed by atoms with Crippen LogP contribution in [0.4, 0.5) is 0 Å². The van der Waals surface area contributed by atoms with E-state index in [-0.39, 0.29) is 41.8 Å². The van der Waals surface area contributed by atoms with E-state index < -0.39 is 11.9 Å². The zero-order valence-corrected chi connectivity index (χ0v) is 15.7. The van der Waals surface area contributed by atoms with E-state index in [0.717, 1.165) is 0 Å². The van der Waals surface area contributed by atoms with Gasteiger partial charge in [0.05, 0.1) is 13.2 Å². The molecule has 0 atom stereocenters. The molecule has 0 bridgehead atoms.